The molecule has 0 aliphatic carbocycles. The average Bonchev–Trinajstić information content (AvgIpc) is 3.28. The molecule has 1 heterocycles. The van der Waals surface area contributed by atoms with Crippen LogP contribution in [0.5, 0.6) is 0 Å². The summed E-state index contributed by atoms with van der Waals surface area (Å²) >= 11 is 5.95. The smallest absolute Gasteiger partial charge is 0.248 e. The van der Waals surface area contributed by atoms with Crippen molar-refractivity contribution in [1.82, 2.24) is 4.90 Å². The van der Waals surface area contributed by atoms with Crippen molar-refractivity contribution in [3.8, 4) is 11.1 Å². The standard InChI is InChI=1S/C26H25ClN2O/c27-24-12-10-23(11-13-24)22-8-3-20(4-9-22)7-16-26(30)28-25-14-5-21(6-15-25)19-29-17-1-2-18-29/h3-16H,1-2,17-19H2,(H,28,30)/b16-7+. The molecule has 30 heavy (non-hydrogen) atoms. The van der Waals surface area contributed by atoms with E-state index in [0.29, 0.717) is 0 Å². The number of nitrogens with zero attached hydrogens (tertiary/aromatic N) is 1. The van der Waals surface area contributed by atoms with Crippen molar-refractivity contribution >= 4 is 29.3 Å². The molecule has 0 aromatic heterocycles. The van der Waals surface area contributed by atoms with Gasteiger partial charge in [-0.15, -0.1) is 0 Å². The Hall–Kier alpha value is -2.88. The Balaban J connectivity index is 1.31. The molecule has 1 aliphatic heterocycles. The van der Waals surface area contributed by atoms with Crippen LogP contribution in [-0.2, 0) is 11.3 Å². The molecule has 0 radical (unpaired) electrons. The molecule has 1 saturated heterocycles. The SMILES string of the molecule is O=C(/C=C/c1ccc(-c2ccc(Cl)cc2)cc1)Nc1ccc(CN2CCCC2)cc1. The highest BCUT2D eigenvalue weighted by Crippen LogP contribution is 2.22. The monoisotopic (exact) mass is 416 g/mol. The van der Waals surface area contributed by atoms with Gasteiger partial charge in [0.2, 0.25) is 5.91 Å². The summed E-state index contributed by atoms with van der Waals surface area (Å²) in [6.45, 7) is 3.36. The van der Waals surface area contributed by atoms with Crippen LogP contribution >= 0.6 is 11.6 Å². The molecule has 152 valence electrons. The molecule has 0 atom stereocenters. The van der Waals surface area contributed by atoms with Crippen molar-refractivity contribution in [3.63, 3.8) is 0 Å². The number of hydrogen-bond donors (Lipinski definition) is 1. The second-order valence-electron chi connectivity index (χ2n) is 7.63. The van der Waals surface area contributed by atoms with Gasteiger partial charge in [-0.3, -0.25) is 9.69 Å². The number of carbonyl (C=O) groups is 1. The van der Waals surface area contributed by atoms with E-state index in [2.05, 4.69) is 22.3 Å². The van der Waals surface area contributed by atoms with Crippen molar-refractivity contribution in [3.05, 3.63) is 95.0 Å². The molecule has 0 spiro atoms. The quantitative estimate of drug-likeness (QED) is 0.481. The number of likely N-dealkylation sites (tertiary alicyclic amines) is 1. The summed E-state index contributed by atoms with van der Waals surface area (Å²) in [5.74, 6) is -0.135. The van der Waals surface area contributed by atoms with E-state index in [9.17, 15) is 4.79 Å². The van der Waals surface area contributed by atoms with Crippen molar-refractivity contribution in [2.24, 2.45) is 0 Å². The average molecular weight is 417 g/mol. The van der Waals surface area contributed by atoms with Crippen LogP contribution in [0.4, 0.5) is 5.69 Å². The minimum absolute atomic E-state index is 0.135. The molecule has 3 aromatic carbocycles. The van der Waals surface area contributed by atoms with Gasteiger partial charge in [-0.1, -0.05) is 60.1 Å². The van der Waals surface area contributed by atoms with Crippen LogP contribution in [0.3, 0.4) is 0 Å². The molecular weight excluding hydrogens is 392 g/mol. The van der Waals surface area contributed by atoms with Crippen LogP contribution in [0, 0.1) is 0 Å². The van der Waals surface area contributed by atoms with E-state index in [-0.39, 0.29) is 5.91 Å². The van der Waals surface area contributed by atoms with Gasteiger partial charge in [-0.25, -0.2) is 0 Å². The third-order valence-electron chi connectivity index (χ3n) is 5.34. The summed E-state index contributed by atoms with van der Waals surface area (Å²) in [5, 5.41) is 3.65. The van der Waals surface area contributed by atoms with Gasteiger partial charge in [0.05, 0.1) is 0 Å². The fourth-order valence-electron chi connectivity index (χ4n) is 3.68. The van der Waals surface area contributed by atoms with Crippen molar-refractivity contribution in [2.75, 3.05) is 18.4 Å². The number of hydrogen-bond acceptors (Lipinski definition) is 2. The molecule has 1 fully saturated rings. The third-order valence-corrected chi connectivity index (χ3v) is 5.59. The lowest BCUT2D eigenvalue weighted by Crippen LogP contribution is -2.18. The predicted octanol–water partition coefficient (Wildman–Crippen LogP) is 6.25. The Morgan fingerprint density at radius 1 is 0.867 bits per heavy atom. The first-order valence-corrected chi connectivity index (χ1v) is 10.7. The maximum atomic E-state index is 12.3. The zero-order valence-electron chi connectivity index (χ0n) is 16.9. The lowest BCUT2D eigenvalue weighted by molar-refractivity contribution is -0.111. The largest absolute Gasteiger partial charge is 0.323 e. The molecule has 0 saturated carbocycles. The van der Waals surface area contributed by atoms with Crippen LogP contribution < -0.4 is 5.32 Å². The zero-order chi connectivity index (χ0) is 20.8. The minimum atomic E-state index is -0.135. The highest BCUT2D eigenvalue weighted by molar-refractivity contribution is 6.30. The molecule has 0 unspecified atom stereocenters. The van der Waals surface area contributed by atoms with E-state index in [0.717, 1.165) is 33.9 Å². The number of halogens is 1. The Labute approximate surface area is 183 Å². The third kappa shape index (κ3) is 5.59. The fourth-order valence-corrected chi connectivity index (χ4v) is 3.80. The molecular formula is C26H25ClN2O. The van der Waals surface area contributed by atoms with E-state index >= 15 is 0 Å². The number of benzene rings is 3. The second kappa shape index (κ2) is 9.75. The highest BCUT2D eigenvalue weighted by atomic mass is 35.5. The molecule has 4 heteroatoms. The zero-order valence-corrected chi connectivity index (χ0v) is 17.6. The van der Waals surface area contributed by atoms with Crippen LogP contribution in [0.2, 0.25) is 5.02 Å². The van der Waals surface area contributed by atoms with E-state index < -0.39 is 0 Å². The Morgan fingerprint density at radius 2 is 1.47 bits per heavy atom. The molecule has 3 nitrogen and oxygen atoms in total. The van der Waals surface area contributed by atoms with Crippen LogP contribution in [0.1, 0.15) is 24.0 Å². The highest BCUT2D eigenvalue weighted by Gasteiger charge is 2.11. The summed E-state index contributed by atoms with van der Waals surface area (Å²) in [4.78, 5) is 14.7. The first-order chi connectivity index (χ1) is 14.7. The van der Waals surface area contributed by atoms with Gasteiger partial charge in [0.1, 0.15) is 0 Å². The first-order valence-electron chi connectivity index (χ1n) is 10.3. The number of carbonyl (C=O) groups excluding carboxylic acids is 1. The summed E-state index contributed by atoms with van der Waals surface area (Å²) in [7, 11) is 0. The minimum Gasteiger partial charge on any atom is -0.323 e. The van der Waals surface area contributed by atoms with E-state index in [1.54, 1.807) is 6.08 Å². The van der Waals surface area contributed by atoms with Gasteiger partial charge in [-0.05, 0) is 78.5 Å². The van der Waals surface area contributed by atoms with Gasteiger partial charge in [-0.2, -0.15) is 0 Å². The van der Waals surface area contributed by atoms with E-state index in [1.165, 1.54) is 31.5 Å². The van der Waals surface area contributed by atoms with Crippen molar-refractivity contribution in [1.29, 1.82) is 0 Å². The fraction of sp³-hybridized carbons (Fsp3) is 0.192. The number of amides is 1. The summed E-state index contributed by atoms with van der Waals surface area (Å²) in [5.41, 5.74) is 5.30. The van der Waals surface area contributed by atoms with E-state index in [4.69, 9.17) is 11.6 Å². The molecule has 1 N–H and O–H groups in total. The van der Waals surface area contributed by atoms with E-state index in [1.807, 2.05) is 66.7 Å². The number of anilines is 1. The molecule has 0 bridgehead atoms. The van der Waals surface area contributed by atoms with Gasteiger partial charge in [0.15, 0.2) is 0 Å². The lowest BCUT2D eigenvalue weighted by Gasteiger charge is -2.14. The van der Waals surface area contributed by atoms with Gasteiger partial charge in [0, 0.05) is 23.3 Å². The number of rotatable bonds is 6. The Morgan fingerprint density at radius 3 is 2.10 bits per heavy atom. The molecule has 1 amide bonds. The summed E-state index contributed by atoms with van der Waals surface area (Å²) in [6.07, 6.45) is 5.98. The maximum absolute atomic E-state index is 12.3. The first kappa shape index (κ1) is 20.4. The van der Waals surface area contributed by atoms with Gasteiger partial charge >= 0.3 is 0 Å². The predicted molar refractivity (Wildman–Crippen MR) is 126 cm³/mol. The van der Waals surface area contributed by atoms with Gasteiger partial charge in [0.25, 0.3) is 0 Å². The van der Waals surface area contributed by atoms with Crippen LogP contribution in [0.25, 0.3) is 17.2 Å². The Bertz CT molecular complexity index is 1000. The lowest BCUT2D eigenvalue weighted by atomic mass is 10.0. The summed E-state index contributed by atoms with van der Waals surface area (Å²) < 4.78 is 0. The molecule has 1 aliphatic rings. The topological polar surface area (TPSA) is 32.3 Å². The number of nitrogens with one attached hydrogen (secondary N) is 1. The Kier molecular flexibility index (Phi) is 6.63. The van der Waals surface area contributed by atoms with Crippen LogP contribution in [0.15, 0.2) is 78.9 Å². The van der Waals surface area contributed by atoms with Crippen molar-refractivity contribution < 1.29 is 4.79 Å². The normalized spacial score (nSPS) is 14.3. The summed E-state index contributed by atoms with van der Waals surface area (Å²) in [6, 6.07) is 24.0. The molecule has 4 rings (SSSR count). The molecule has 3 aromatic rings. The van der Waals surface area contributed by atoms with Crippen LogP contribution in [-0.4, -0.2) is 23.9 Å². The van der Waals surface area contributed by atoms with Gasteiger partial charge < -0.3 is 5.32 Å². The second-order valence-corrected chi connectivity index (χ2v) is 8.07. The maximum Gasteiger partial charge on any atom is 0.248 e. The van der Waals surface area contributed by atoms with Crippen molar-refractivity contribution in [2.45, 2.75) is 19.4 Å².